The number of carboxylic acid groups (broad SMARTS) is 1. The van der Waals surface area contributed by atoms with Gasteiger partial charge in [-0.05, 0) is 31.0 Å². The van der Waals surface area contributed by atoms with Crippen LogP contribution < -0.4 is 10.6 Å². The molecule has 0 saturated heterocycles. The number of nitrogens with zero attached hydrogens (tertiary/aromatic N) is 1. The summed E-state index contributed by atoms with van der Waals surface area (Å²) in [6, 6.07) is 7.60. The monoisotopic (exact) mass is 290 g/mol. The number of hydrogen-bond donors (Lipinski definition) is 2. The molecule has 5 heteroatoms. The average molecular weight is 290 g/mol. The van der Waals surface area contributed by atoms with E-state index in [0.717, 1.165) is 30.5 Å². The zero-order chi connectivity index (χ0) is 15.2. The molecule has 1 heterocycles. The highest BCUT2D eigenvalue weighted by atomic mass is 16.4. The third-order valence-electron chi connectivity index (χ3n) is 3.89. The highest BCUT2D eigenvalue weighted by Gasteiger charge is 2.32. The Morgan fingerprint density at radius 2 is 2.00 bits per heavy atom. The number of para-hydroxylation sites is 1. The van der Waals surface area contributed by atoms with Crippen LogP contribution in [0.4, 0.5) is 5.69 Å². The molecule has 0 aliphatic carbocycles. The Hall–Kier alpha value is -1.88. The normalized spacial score (nSPS) is 16.8. The number of fused-ring (bicyclic) bond motifs is 1. The van der Waals surface area contributed by atoms with Gasteiger partial charge in [0.15, 0.2) is 0 Å². The molecule has 1 aromatic rings. The van der Waals surface area contributed by atoms with Crippen molar-refractivity contribution in [1.82, 2.24) is 0 Å². The first-order valence-electron chi connectivity index (χ1n) is 7.44. The lowest BCUT2D eigenvalue weighted by Gasteiger charge is -2.17. The summed E-state index contributed by atoms with van der Waals surface area (Å²) < 4.78 is 0. The molecular formula is C16H22N2O3. The number of benzene rings is 1. The predicted octanol–water partition coefficient (Wildman–Crippen LogP) is 2.11. The number of unbranched alkanes of at least 4 members (excludes halogenated alkanes) is 2. The number of rotatable bonds is 7. The van der Waals surface area contributed by atoms with Crippen molar-refractivity contribution < 1.29 is 14.7 Å². The lowest BCUT2D eigenvalue weighted by Crippen LogP contribution is -2.29. The molecule has 0 saturated carbocycles. The second kappa shape index (κ2) is 7.22. The van der Waals surface area contributed by atoms with Gasteiger partial charge in [0.05, 0.1) is 6.42 Å². The van der Waals surface area contributed by atoms with Gasteiger partial charge in [0.25, 0.3) is 0 Å². The van der Waals surface area contributed by atoms with E-state index in [2.05, 4.69) is 0 Å². The van der Waals surface area contributed by atoms with E-state index in [1.807, 2.05) is 24.3 Å². The van der Waals surface area contributed by atoms with Gasteiger partial charge in [0.1, 0.15) is 0 Å². The minimum atomic E-state index is -0.827. The van der Waals surface area contributed by atoms with E-state index in [9.17, 15) is 9.59 Å². The summed E-state index contributed by atoms with van der Waals surface area (Å²) in [6.07, 6.45) is 3.28. The first-order chi connectivity index (χ1) is 10.1. The number of nitrogens with two attached hydrogens (primary N) is 1. The zero-order valence-corrected chi connectivity index (χ0v) is 12.1. The lowest BCUT2D eigenvalue weighted by atomic mass is 9.98. The molecular weight excluding hydrogens is 268 g/mol. The number of carboxylic acids is 1. The van der Waals surface area contributed by atoms with Crippen LogP contribution in [0.3, 0.4) is 0 Å². The van der Waals surface area contributed by atoms with Crippen molar-refractivity contribution >= 4 is 17.6 Å². The second-order valence-corrected chi connectivity index (χ2v) is 5.46. The molecule has 114 valence electrons. The molecule has 1 aromatic carbocycles. The van der Waals surface area contributed by atoms with Crippen LogP contribution in [0.1, 0.15) is 43.6 Å². The summed E-state index contributed by atoms with van der Waals surface area (Å²) in [4.78, 5) is 25.1. The maximum absolute atomic E-state index is 12.3. The molecule has 1 aliphatic heterocycles. The molecule has 0 aromatic heterocycles. The molecule has 1 unspecified atom stereocenters. The van der Waals surface area contributed by atoms with Gasteiger partial charge in [0, 0.05) is 24.6 Å². The van der Waals surface area contributed by atoms with Crippen molar-refractivity contribution in [2.75, 3.05) is 18.0 Å². The molecule has 5 nitrogen and oxygen atoms in total. The quantitative estimate of drug-likeness (QED) is 0.753. The van der Waals surface area contributed by atoms with Gasteiger partial charge in [-0.25, -0.2) is 0 Å². The molecule has 0 radical (unpaired) electrons. The summed E-state index contributed by atoms with van der Waals surface area (Å²) >= 11 is 0. The van der Waals surface area contributed by atoms with E-state index in [0.29, 0.717) is 19.5 Å². The Bertz CT molecular complexity index is 516. The van der Waals surface area contributed by atoms with E-state index >= 15 is 0 Å². The average Bonchev–Trinajstić information content (AvgIpc) is 2.82. The molecule has 0 fully saturated rings. The highest BCUT2D eigenvalue weighted by molar-refractivity contribution is 5.96. The lowest BCUT2D eigenvalue weighted by molar-refractivity contribution is -0.137. The van der Waals surface area contributed by atoms with Gasteiger partial charge in [-0.3, -0.25) is 9.59 Å². The number of carbonyl (C=O) groups is 2. The standard InChI is InChI=1S/C16H22N2O3/c17-9-5-1-2-8-15(19)18-11-12(10-16(20)21)13-6-3-4-7-14(13)18/h3-4,6-7,12H,1-2,5,8-11,17H2,(H,20,21). The summed E-state index contributed by atoms with van der Waals surface area (Å²) in [6.45, 7) is 1.13. The van der Waals surface area contributed by atoms with Crippen LogP contribution in [0.25, 0.3) is 0 Å². The number of amides is 1. The Morgan fingerprint density at radius 3 is 2.71 bits per heavy atom. The smallest absolute Gasteiger partial charge is 0.304 e. The summed E-state index contributed by atoms with van der Waals surface area (Å²) in [5, 5.41) is 9.01. The minimum Gasteiger partial charge on any atom is -0.481 e. The highest BCUT2D eigenvalue weighted by Crippen LogP contribution is 2.38. The third kappa shape index (κ3) is 3.82. The predicted molar refractivity (Wildman–Crippen MR) is 81.3 cm³/mol. The Morgan fingerprint density at radius 1 is 1.24 bits per heavy atom. The Kier molecular flexibility index (Phi) is 5.33. The summed E-state index contributed by atoms with van der Waals surface area (Å²) in [5.41, 5.74) is 7.28. The van der Waals surface area contributed by atoms with Crippen molar-refractivity contribution in [3.05, 3.63) is 29.8 Å². The molecule has 3 N–H and O–H groups in total. The second-order valence-electron chi connectivity index (χ2n) is 5.46. The fraction of sp³-hybridized carbons (Fsp3) is 0.500. The molecule has 2 rings (SSSR count). The molecule has 21 heavy (non-hydrogen) atoms. The molecule has 1 aliphatic rings. The van der Waals surface area contributed by atoms with E-state index in [1.165, 1.54) is 0 Å². The topological polar surface area (TPSA) is 83.6 Å². The van der Waals surface area contributed by atoms with Gasteiger partial charge in [-0.1, -0.05) is 24.6 Å². The third-order valence-corrected chi connectivity index (χ3v) is 3.89. The maximum Gasteiger partial charge on any atom is 0.304 e. The number of aliphatic carboxylic acids is 1. The van der Waals surface area contributed by atoms with Crippen LogP contribution in [0.15, 0.2) is 24.3 Å². The van der Waals surface area contributed by atoms with Crippen LogP contribution in [0, 0.1) is 0 Å². The first-order valence-corrected chi connectivity index (χ1v) is 7.44. The summed E-state index contributed by atoms with van der Waals surface area (Å²) in [5.74, 6) is -0.855. The SMILES string of the molecule is NCCCCCC(=O)N1CC(CC(=O)O)c2ccccc21. The van der Waals surface area contributed by atoms with E-state index in [-0.39, 0.29) is 18.2 Å². The number of carbonyl (C=O) groups excluding carboxylic acids is 1. The van der Waals surface area contributed by atoms with Gasteiger partial charge in [-0.2, -0.15) is 0 Å². The fourth-order valence-electron chi connectivity index (χ4n) is 2.85. The molecule has 1 amide bonds. The molecule has 0 bridgehead atoms. The van der Waals surface area contributed by atoms with Crippen LogP contribution in [0.2, 0.25) is 0 Å². The van der Waals surface area contributed by atoms with Crippen LogP contribution in [0.5, 0.6) is 0 Å². The first kappa shape index (κ1) is 15.5. The molecule has 0 spiro atoms. The van der Waals surface area contributed by atoms with E-state index < -0.39 is 5.97 Å². The summed E-state index contributed by atoms with van der Waals surface area (Å²) in [7, 11) is 0. The molecule has 1 atom stereocenters. The largest absolute Gasteiger partial charge is 0.481 e. The maximum atomic E-state index is 12.3. The van der Waals surface area contributed by atoms with Crippen LogP contribution in [-0.2, 0) is 9.59 Å². The number of anilines is 1. The van der Waals surface area contributed by atoms with E-state index in [4.69, 9.17) is 10.8 Å². The zero-order valence-electron chi connectivity index (χ0n) is 12.1. The van der Waals surface area contributed by atoms with Gasteiger partial charge < -0.3 is 15.7 Å². The Balaban J connectivity index is 2.04. The van der Waals surface area contributed by atoms with Crippen molar-refractivity contribution in [3.8, 4) is 0 Å². The minimum absolute atomic E-state index is 0.0635. The van der Waals surface area contributed by atoms with Crippen LogP contribution in [-0.4, -0.2) is 30.1 Å². The van der Waals surface area contributed by atoms with Crippen LogP contribution >= 0.6 is 0 Å². The van der Waals surface area contributed by atoms with Crippen molar-refractivity contribution in [2.45, 2.75) is 38.0 Å². The van der Waals surface area contributed by atoms with Crippen molar-refractivity contribution in [1.29, 1.82) is 0 Å². The van der Waals surface area contributed by atoms with E-state index in [1.54, 1.807) is 4.90 Å². The number of hydrogen-bond acceptors (Lipinski definition) is 3. The van der Waals surface area contributed by atoms with Gasteiger partial charge in [0.2, 0.25) is 5.91 Å². The van der Waals surface area contributed by atoms with Crippen molar-refractivity contribution in [3.63, 3.8) is 0 Å². The fourth-order valence-corrected chi connectivity index (χ4v) is 2.85. The Labute approximate surface area is 124 Å². The van der Waals surface area contributed by atoms with Gasteiger partial charge in [-0.15, -0.1) is 0 Å². The van der Waals surface area contributed by atoms with Gasteiger partial charge >= 0.3 is 5.97 Å². The van der Waals surface area contributed by atoms with Crippen molar-refractivity contribution in [2.24, 2.45) is 5.73 Å².